The third kappa shape index (κ3) is 3.68. The third-order valence-corrected chi connectivity index (χ3v) is 5.82. The average Bonchev–Trinajstić information content (AvgIpc) is 2.91. The van der Waals surface area contributed by atoms with E-state index < -0.39 is 16.1 Å². The Morgan fingerprint density at radius 2 is 1.88 bits per heavy atom. The molecule has 3 rings (SSSR count). The molecule has 1 fully saturated rings. The van der Waals surface area contributed by atoms with Gasteiger partial charge in [0.25, 0.3) is 0 Å². The first-order valence-electron chi connectivity index (χ1n) is 7.63. The summed E-state index contributed by atoms with van der Waals surface area (Å²) in [6.45, 7) is 1.97. The van der Waals surface area contributed by atoms with Crippen molar-refractivity contribution in [3.05, 3.63) is 58.9 Å². The Morgan fingerprint density at radius 3 is 2.52 bits per heavy atom. The lowest BCUT2D eigenvalue weighted by atomic mass is 10.2. The lowest BCUT2D eigenvalue weighted by Gasteiger charge is -2.18. The summed E-state index contributed by atoms with van der Waals surface area (Å²) < 4.78 is 40.6. The van der Waals surface area contributed by atoms with Gasteiger partial charge >= 0.3 is 0 Å². The van der Waals surface area contributed by atoms with E-state index in [2.05, 4.69) is 4.72 Å². The van der Waals surface area contributed by atoms with Crippen molar-refractivity contribution in [1.29, 1.82) is 0 Å². The van der Waals surface area contributed by atoms with Crippen LogP contribution >= 0.6 is 11.6 Å². The lowest BCUT2D eigenvalue weighted by Crippen LogP contribution is -2.41. The average molecular weight is 383 g/mol. The van der Waals surface area contributed by atoms with E-state index in [0.29, 0.717) is 29.2 Å². The van der Waals surface area contributed by atoms with Crippen LogP contribution in [0.1, 0.15) is 12.0 Å². The fourth-order valence-corrected chi connectivity index (χ4v) is 4.06. The van der Waals surface area contributed by atoms with Crippen LogP contribution in [0.3, 0.4) is 0 Å². The van der Waals surface area contributed by atoms with Gasteiger partial charge in [-0.3, -0.25) is 4.79 Å². The largest absolute Gasteiger partial charge is 0.311 e. The fourth-order valence-electron chi connectivity index (χ4n) is 2.71. The van der Waals surface area contributed by atoms with Crippen LogP contribution in [0, 0.1) is 12.7 Å². The molecule has 1 aliphatic heterocycles. The predicted octanol–water partition coefficient (Wildman–Crippen LogP) is 2.87. The molecule has 25 heavy (non-hydrogen) atoms. The number of nitrogens with one attached hydrogen (secondary N) is 1. The number of rotatable bonds is 4. The minimum Gasteiger partial charge on any atom is -0.311 e. The molecule has 1 aliphatic rings. The van der Waals surface area contributed by atoms with Crippen LogP contribution in [-0.2, 0) is 14.8 Å². The maximum absolute atomic E-state index is 13.4. The van der Waals surface area contributed by atoms with Crippen LogP contribution in [0.5, 0.6) is 0 Å². The molecule has 1 saturated heterocycles. The summed E-state index contributed by atoms with van der Waals surface area (Å²) >= 11 is 5.76. The van der Waals surface area contributed by atoms with Crippen molar-refractivity contribution in [2.75, 3.05) is 11.4 Å². The molecule has 132 valence electrons. The first-order chi connectivity index (χ1) is 11.8. The maximum Gasteiger partial charge on any atom is 0.245 e. The van der Waals surface area contributed by atoms with Crippen molar-refractivity contribution in [1.82, 2.24) is 4.72 Å². The molecule has 5 nitrogen and oxygen atoms in total. The Hall–Kier alpha value is -1.96. The number of carbonyl (C=O) groups excluding carboxylic acids is 1. The molecule has 1 heterocycles. The molecule has 2 aromatic rings. The third-order valence-electron chi connectivity index (χ3n) is 4.08. The molecule has 1 atom stereocenters. The van der Waals surface area contributed by atoms with Gasteiger partial charge in [-0.15, -0.1) is 0 Å². The first-order valence-corrected chi connectivity index (χ1v) is 9.49. The van der Waals surface area contributed by atoms with E-state index in [0.717, 1.165) is 0 Å². The summed E-state index contributed by atoms with van der Waals surface area (Å²) in [5.41, 5.74) is 0.979. The number of sulfonamides is 1. The van der Waals surface area contributed by atoms with Gasteiger partial charge in [-0.1, -0.05) is 11.6 Å². The number of nitrogens with zero attached hydrogens (tertiary/aromatic N) is 1. The van der Waals surface area contributed by atoms with E-state index in [4.69, 9.17) is 11.6 Å². The Bertz CT molecular complexity index is 916. The standard InChI is InChI=1S/C17H16ClFN2O3S/c1-11-10-13(4-7-15(11)19)21-9-8-16(17(21)22)20-25(23,24)14-5-2-12(18)3-6-14/h2-7,10,16,20H,8-9H2,1H3. The van der Waals surface area contributed by atoms with Crippen molar-refractivity contribution >= 4 is 33.2 Å². The van der Waals surface area contributed by atoms with Gasteiger partial charge in [-0.2, -0.15) is 4.72 Å². The Labute approximate surface area is 150 Å². The molecule has 0 aliphatic carbocycles. The van der Waals surface area contributed by atoms with Gasteiger partial charge in [-0.05, 0) is 61.4 Å². The zero-order valence-electron chi connectivity index (χ0n) is 13.4. The number of amides is 1. The summed E-state index contributed by atoms with van der Waals surface area (Å²) in [7, 11) is -3.83. The minimum absolute atomic E-state index is 0.0424. The molecular weight excluding hydrogens is 367 g/mol. The van der Waals surface area contributed by atoms with Crippen molar-refractivity contribution in [3.8, 4) is 0 Å². The highest BCUT2D eigenvalue weighted by molar-refractivity contribution is 7.89. The zero-order valence-corrected chi connectivity index (χ0v) is 14.9. The fraction of sp³-hybridized carbons (Fsp3) is 0.235. The molecule has 0 spiro atoms. The summed E-state index contributed by atoms with van der Waals surface area (Å²) in [6, 6.07) is 9.23. The number of hydrogen-bond acceptors (Lipinski definition) is 3. The highest BCUT2D eigenvalue weighted by atomic mass is 35.5. The van der Waals surface area contributed by atoms with Gasteiger partial charge in [0.15, 0.2) is 0 Å². The lowest BCUT2D eigenvalue weighted by molar-refractivity contribution is -0.118. The zero-order chi connectivity index (χ0) is 18.2. The van der Waals surface area contributed by atoms with Gasteiger partial charge in [-0.25, -0.2) is 12.8 Å². The van der Waals surface area contributed by atoms with E-state index in [9.17, 15) is 17.6 Å². The molecule has 0 aromatic heterocycles. The second-order valence-electron chi connectivity index (χ2n) is 5.84. The van der Waals surface area contributed by atoms with Gasteiger partial charge < -0.3 is 4.90 Å². The summed E-state index contributed by atoms with van der Waals surface area (Å²) in [5, 5.41) is 0.425. The predicted molar refractivity (Wildman–Crippen MR) is 93.7 cm³/mol. The molecular formula is C17H16ClFN2O3S. The number of benzene rings is 2. The van der Waals surface area contributed by atoms with E-state index in [1.807, 2.05) is 0 Å². The Morgan fingerprint density at radius 1 is 1.20 bits per heavy atom. The van der Waals surface area contributed by atoms with Crippen LogP contribution < -0.4 is 9.62 Å². The second kappa shape index (κ2) is 6.74. The molecule has 1 unspecified atom stereocenters. The van der Waals surface area contributed by atoms with Crippen LogP contribution in [0.4, 0.5) is 10.1 Å². The molecule has 0 saturated carbocycles. The summed E-state index contributed by atoms with van der Waals surface area (Å²) in [6.07, 6.45) is 0.335. The smallest absolute Gasteiger partial charge is 0.245 e. The van der Waals surface area contributed by atoms with E-state index in [-0.39, 0.29) is 16.6 Å². The van der Waals surface area contributed by atoms with Gasteiger partial charge in [0.1, 0.15) is 11.9 Å². The first kappa shape index (κ1) is 17.8. The van der Waals surface area contributed by atoms with E-state index >= 15 is 0 Å². The van der Waals surface area contributed by atoms with Crippen molar-refractivity contribution in [2.45, 2.75) is 24.3 Å². The van der Waals surface area contributed by atoms with Gasteiger partial charge in [0.2, 0.25) is 15.9 Å². The number of anilines is 1. The number of halogens is 2. The van der Waals surface area contributed by atoms with Crippen molar-refractivity contribution < 1.29 is 17.6 Å². The van der Waals surface area contributed by atoms with Crippen molar-refractivity contribution in [3.63, 3.8) is 0 Å². The SMILES string of the molecule is Cc1cc(N2CCC(NS(=O)(=O)c3ccc(Cl)cc3)C2=O)ccc1F. The molecule has 1 N–H and O–H groups in total. The molecule has 0 radical (unpaired) electrons. The molecule has 2 aromatic carbocycles. The second-order valence-corrected chi connectivity index (χ2v) is 7.99. The van der Waals surface area contributed by atoms with Crippen LogP contribution in [0.25, 0.3) is 0 Å². The molecule has 0 bridgehead atoms. The van der Waals surface area contributed by atoms with Gasteiger partial charge in [0.05, 0.1) is 4.90 Å². The van der Waals surface area contributed by atoms with Crippen LogP contribution in [-0.4, -0.2) is 26.9 Å². The van der Waals surface area contributed by atoms with E-state index in [1.165, 1.54) is 41.3 Å². The molecule has 1 amide bonds. The topological polar surface area (TPSA) is 66.5 Å². The van der Waals surface area contributed by atoms with Crippen LogP contribution in [0.2, 0.25) is 5.02 Å². The maximum atomic E-state index is 13.4. The highest BCUT2D eigenvalue weighted by Gasteiger charge is 2.35. The van der Waals surface area contributed by atoms with E-state index in [1.54, 1.807) is 13.0 Å². The van der Waals surface area contributed by atoms with Crippen LogP contribution in [0.15, 0.2) is 47.4 Å². The Balaban J connectivity index is 1.77. The van der Waals surface area contributed by atoms with Gasteiger partial charge in [0, 0.05) is 17.3 Å². The quantitative estimate of drug-likeness (QED) is 0.884. The highest BCUT2D eigenvalue weighted by Crippen LogP contribution is 2.25. The molecule has 8 heteroatoms. The summed E-state index contributed by atoms with van der Waals surface area (Å²) in [4.78, 5) is 14.1. The monoisotopic (exact) mass is 382 g/mol. The number of aryl methyl sites for hydroxylation is 1. The number of hydrogen-bond donors (Lipinski definition) is 1. The Kier molecular flexibility index (Phi) is 4.81. The number of carbonyl (C=O) groups is 1. The summed E-state index contributed by atoms with van der Waals surface area (Å²) in [5.74, 6) is -0.709. The van der Waals surface area contributed by atoms with Crippen molar-refractivity contribution in [2.24, 2.45) is 0 Å². The minimum atomic E-state index is -3.83. The normalized spacial score (nSPS) is 18.0.